The van der Waals surface area contributed by atoms with Crippen molar-refractivity contribution in [3.05, 3.63) is 42.5 Å². The van der Waals surface area contributed by atoms with Gasteiger partial charge in [0.1, 0.15) is 24.4 Å². The van der Waals surface area contributed by atoms with Gasteiger partial charge in [-0.05, 0) is 42.2 Å². The second kappa shape index (κ2) is 15.0. The number of nitrogens with one attached hydrogen (secondary N) is 2. The molecule has 8 nitrogen and oxygen atoms in total. The summed E-state index contributed by atoms with van der Waals surface area (Å²) in [6, 6.07) is 6.12. The number of methoxy groups -OCH3 is 1. The lowest BCUT2D eigenvalue weighted by atomic mass is 9.91. The Hall–Kier alpha value is -2.33. The summed E-state index contributed by atoms with van der Waals surface area (Å²) in [5, 5.41) is 5.87. The predicted octanol–water partition coefficient (Wildman–Crippen LogP) is 3.81. The Labute approximate surface area is 222 Å². The molecule has 2 N–H and O–H groups in total. The van der Waals surface area contributed by atoms with Gasteiger partial charge in [0, 0.05) is 18.1 Å². The topological polar surface area (TPSA) is 97.0 Å². The van der Waals surface area contributed by atoms with E-state index in [2.05, 4.69) is 17.2 Å². The standard InChI is InChI=1S/C26H37N3O5S2/c1-3-13-34-26(32)29-18-36-17-23(29)25(31)28-22(16-35-15-20-7-5-4-6-8-20)24(30)27-14-19-9-11-21(33-2)12-10-19/h3,9-12,20,22-23H,1,4-8,13-18H2,2H3,(H,27,30)(H,28,31). The number of carbonyl (C=O) groups is 3. The zero-order valence-corrected chi connectivity index (χ0v) is 22.5. The highest BCUT2D eigenvalue weighted by molar-refractivity contribution is 7.99. The number of carbonyl (C=O) groups excluding carboxylic acids is 3. The van der Waals surface area contributed by atoms with Crippen molar-refractivity contribution in [3.8, 4) is 5.75 Å². The summed E-state index contributed by atoms with van der Waals surface area (Å²) >= 11 is 3.20. The molecule has 0 radical (unpaired) electrons. The highest BCUT2D eigenvalue weighted by Crippen LogP contribution is 2.27. The first-order chi connectivity index (χ1) is 17.5. The van der Waals surface area contributed by atoms with Gasteiger partial charge < -0.3 is 20.1 Å². The highest BCUT2D eigenvalue weighted by Gasteiger charge is 2.37. The molecule has 0 aromatic heterocycles. The number of ether oxygens (including phenoxy) is 2. The molecule has 2 atom stereocenters. The third-order valence-electron chi connectivity index (χ3n) is 6.37. The van der Waals surface area contributed by atoms with E-state index in [9.17, 15) is 14.4 Å². The first-order valence-corrected chi connectivity index (χ1v) is 14.7. The Morgan fingerprint density at radius 1 is 1.22 bits per heavy atom. The molecule has 2 aliphatic rings. The van der Waals surface area contributed by atoms with Crippen molar-refractivity contribution in [3.63, 3.8) is 0 Å². The summed E-state index contributed by atoms with van der Waals surface area (Å²) < 4.78 is 10.3. The van der Waals surface area contributed by atoms with E-state index in [1.807, 2.05) is 24.3 Å². The molecule has 1 saturated heterocycles. The Morgan fingerprint density at radius 2 is 1.97 bits per heavy atom. The second-order valence-corrected chi connectivity index (χ2v) is 11.1. The molecule has 3 rings (SSSR count). The number of rotatable bonds is 12. The average molecular weight is 536 g/mol. The second-order valence-electron chi connectivity index (χ2n) is 9.02. The van der Waals surface area contributed by atoms with E-state index >= 15 is 0 Å². The van der Waals surface area contributed by atoms with Gasteiger partial charge in [-0.2, -0.15) is 11.8 Å². The van der Waals surface area contributed by atoms with Gasteiger partial charge in [0.05, 0.1) is 13.0 Å². The van der Waals surface area contributed by atoms with E-state index in [-0.39, 0.29) is 18.4 Å². The van der Waals surface area contributed by atoms with Crippen molar-refractivity contribution in [2.24, 2.45) is 5.92 Å². The molecule has 1 heterocycles. The molecule has 0 bridgehead atoms. The van der Waals surface area contributed by atoms with E-state index < -0.39 is 18.2 Å². The van der Waals surface area contributed by atoms with Crippen LogP contribution in [0.25, 0.3) is 0 Å². The first-order valence-electron chi connectivity index (χ1n) is 12.4. The van der Waals surface area contributed by atoms with Crippen molar-refractivity contribution in [1.82, 2.24) is 15.5 Å². The summed E-state index contributed by atoms with van der Waals surface area (Å²) in [6.45, 7) is 3.98. The van der Waals surface area contributed by atoms with E-state index in [0.29, 0.717) is 29.8 Å². The number of hydrogen-bond acceptors (Lipinski definition) is 7. The molecule has 198 valence electrons. The van der Waals surface area contributed by atoms with Crippen molar-refractivity contribution < 1.29 is 23.9 Å². The molecule has 2 unspecified atom stereocenters. The van der Waals surface area contributed by atoms with E-state index in [0.717, 1.165) is 17.1 Å². The van der Waals surface area contributed by atoms with Crippen LogP contribution in [0.5, 0.6) is 5.75 Å². The van der Waals surface area contributed by atoms with Gasteiger partial charge in [0.2, 0.25) is 11.8 Å². The summed E-state index contributed by atoms with van der Waals surface area (Å²) in [5.74, 6) is 3.15. The van der Waals surface area contributed by atoms with Crippen LogP contribution < -0.4 is 15.4 Å². The quantitative estimate of drug-likeness (QED) is 0.393. The van der Waals surface area contributed by atoms with Crippen LogP contribution in [-0.2, 0) is 20.9 Å². The molecule has 0 spiro atoms. The van der Waals surface area contributed by atoms with Crippen molar-refractivity contribution in [2.75, 3.05) is 36.9 Å². The molecular weight excluding hydrogens is 498 g/mol. The lowest BCUT2D eigenvalue weighted by Gasteiger charge is -2.26. The Bertz CT molecular complexity index is 877. The van der Waals surface area contributed by atoms with Gasteiger partial charge in [-0.1, -0.05) is 44.1 Å². The molecular formula is C26H37N3O5S2. The molecule has 36 heavy (non-hydrogen) atoms. The summed E-state index contributed by atoms with van der Waals surface area (Å²) in [7, 11) is 1.61. The maximum atomic E-state index is 13.2. The number of hydrogen-bond donors (Lipinski definition) is 2. The van der Waals surface area contributed by atoms with Crippen LogP contribution in [0.1, 0.15) is 37.7 Å². The fourth-order valence-corrected chi connectivity index (χ4v) is 6.68. The maximum absolute atomic E-state index is 13.2. The Morgan fingerprint density at radius 3 is 2.67 bits per heavy atom. The minimum Gasteiger partial charge on any atom is -0.497 e. The summed E-state index contributed by atoms with van der Waals surface area (Å²) in [6.07, 6.45) is 7.24. The minimum absolute atomic E-state index is 0.0859. The van der Waals surface area contributed by atoms with Gasteiger partial charge >= 0.3 is 6.09 Å². The lowest BCUT2D eigenvalue weighted by Crippen LogP contribution is -2.54. The van der Waals surface area contributed by atoms with Crippen LogP contribution in [0.2, 0.25) is 0 Å². The SMILES string of the molecule is C=CCOC(=O)N1CSCC1C(=O)NC(CSCC1CCCCC1)C(=O)NCc1ccc(OC)cc1. The fraction of sp³-hybridized carbons (Fsp3) is 0.577. The van der Waals surface area contributed by atoms with Crippen LogP contribution >= 0.6 is 23.5 Å². The number of nitrogens with zero attached hydrogens (tertiary/aromatic N) is 1. The number of thioether (sulfide) groups is 2. The zero-order chi connectivity index (χ0) is 25.8. The molecule has 1 saturated carbocycles. The zero-order valence-electron chi connectivity index (χ0n) is 20.9. The molecule has 1 aliphatic carbocycles. The van der Waals surface area contributed by atoms with Crippen LogP contribution in [0.4, 0.5) is 4.79 Å². The Balaban J connectivity index is 1.59. The highest BCUT2D eigenvalue weighted by atomic mass is 32.2. The fourth-order valence-electron chi connectivity index (χ4n) is 4.27. The Kier molecular flexibility index (Phi) is 11.8. The van der Waals surface area contributed by atoms with E-state index in [1.165, 1.54) is 54.8 Å². The van der Waals surface area contributed by atoms with Crippen molar-refractivity contribution in [2.45, 2.75) is 50.7 Å². The van der Waals surface area contributed by atoms with Crippen molar-refractivity contribution in [1.29, 1.82) is 0 Å². The van der Waals surface area contributed by atoms with Gasteiger partial charge in [0.25, 0.3) is 0 Å². The lowest BCUT2D eigenvalue weighted by molar-refractivity contribution is -0.130. The summed E-state index contributed by atoms with van der Waals surface area (Å²) in [4.78, 5) is 40.1. The third kappa shape index (κ3) is 8.65. The molecule has 3 amide bonds. The first kappa shape index (κ1) is 28.2. The van der Waals surface area contributed by atoms with Crippen molar-refractivity contribution >= 4 is 41.4 Å². The van der Waals surface area contributed by atoms with Crippen LogP contribution in [0.15, 0.2) is 36.9 Å². The third-order valence-corrected chi connectivity index (χ3v) is 8.65. The number of amides is 3. The van der Waals surface area contributed by atoms with E-state index in [4.69, 9.17) is 9.47 Å². The van der Waals surface area contributed by atoms with Crippen LogP contribution in [0, 0.1) is 5.92 Å². The molecule has 1 aliphatic heterocycles. The molecule has 10 heteroatoms. The normalized spacial score (nSPS) is 18.8. The minimum atomic E-state index is -0.694. The van der Waals surface area contributed by atoms with E-state index in [1.54, 1.807) is 18.9 Å². The van der Waals surface area contributed by atoms with Gasteiger partial charge in [-0.3, -0.25) is 14.5 Å². The van der Waals surface area contributed by atoms with Gasteiger partial charge in [0.15, 0.2) is 0 Å². The average Bonchev–Trinajstić information content (AvgIpc) is 3.41. The molecule has 1 aromatic rings. The monoisotopic (exact) mass is 535 g/mol. The van der Waals surface area contributed by atoms with Gasteiger partial charge in [-0.15, -0.1) is 11.8 Å². The smallest absolute Gasteiger partial charge is 0.411 e. The predicted molar refractivity (Wildman–Crippen MR) is 145 cm³/mol. The molecule has 2 fully saturated rings. The summed E-state index contributed by atoms with van der Waals surface area (Å²) in [5.41, 5.74) is 0.937. The van der Waals surface area contributed by atoms with Crippen LogP contribution in [0.3, 0.4) is 0 Å². The maximum Gasteiger partial charge on any atom is 0.411 e. The van der Waals surface area contributed by atoms with Gasteiger partial charge in [-0.25, -0.2) is 4.79 Å². The van der Waals surface area contributed by atoms with Crippen LogP contribution in [-0.4, -0.2) is 71.7 Å². The number of benzene rings is 1. The molecule has 1 aromatic carbocycles. The largest absolute Gasteiger partial charge is 0.497 e.